The van der Waals surface area contributed by atoms with Gasteiger partial charge < -0.3 is 20.0 Å². The molecule has 2 aromatic carbocycles. The van der Waals surface area contributed by atoms with Crippen molar-refractivity contribution in [2.45, 2.75) is 32.4 Å². The van der Waals surface area contributed by atoms with Gasteiger partial charge in [-0.15, -0.1) is 0 Å². The lowest BCUT2D eigenvalue weighted by Crippen LogP contribution is -2.32. The zero-order valence-electron chi connectivity index (χ0n) is 20.6. The number of benzene rings is 2. The van der Waals surface area contributed by atoms with Crippen molar-refractivity contribution in [3.8, 4) is 11.3 Å². The fourth-order valence-corrected chi connectivity index (χ4v) is 4.96. The Morgan fingerprint density at radius 3 is 2.65 bits per heavy atom. The summed E-state index contributed by atoms with van der Waals surface area (Å²) in [5.41, 5.74) is 4.66. The molecule has 2 atom stereocenters. The number of rotatable bonds is 7. The van der Waals surface area contributed by atoms with Crippen molar-refractivity contribution in [2.24, 2.45) is 0 Å². The molecule has 0 radical (unpaired) electrons. The SMILES string of the molecule is Cc1ccc(NC(=O)CCN2C(=S)NC(c3ccccn3)C2c2ccc(-c3ccc(C)c(Cl)c3)o2)cc1. The second-order valence-corrected chi connectivity index (χ2v) is 9.94. The molecule has 2 N–H and O–H groups in total. The third kappa shape index (κ3) is 5.53. The lowest BCUT2D eigenvalue weighted by atomic mass is 10.0. The molecule has 1 saturated heterocycles. The predicted octanol–water partition coefficient (Wildman–Crippen LogP) is 6.61. The molecule has 1 fully saturated rings. The van der Waals surface area contributed by atoms with E-state index >= 15 is 0 Å². The highest BCUT2D eigenvalue weighted by molar-refractivity contribution is 7.80. The number of aryl methyl sites for hydroxylation is 2. The Labute approximate surface area is 226 Å². The van der Waals surface area contributed by atoms with E-state index in [9.17, 15) is 4.79 Å². The van der Waals surface area contributed by atoms with Crippen LogP contribution in [0.25, 0.3) is 11.3 Å². The van der Waals surface area contributed by atoms with Crippen molar-refractivity contribution in [1.82, 2.24) is 15.2 Å². The summed E-state index contributed by atoms with van der Waals surface area (Å²) < 4.78 is 6.36. The van der Waals surface area contributed by atoms with E-state index < -0.39 is 0 Å². The van der Waals surface area contributed by atoms with E-state index in [1.54, 1.807) is 6.20 Å². The van der Waals surface area contributed by atoms with Crippen LogP contribution in [0.2, 0.25) is 5.02 Å². The van der Waals surface area contributed by atoms with E-state index in [2.05, 4.69) is 15.6 Å². The van der Waals surface area contributed by atoms with Gasteiger partial charge in [-0.3, -0.25) is 9.78 Å². The highest BCUT2D eigenvalue weighted by Gasteiger charge is 2.41. The molecule has 6 nitrogen and oxygen atoms in total. The van der Waals surface area contributed by atoms with Gasteiger partial charge in [0.2, 0.25) is 5.91 Å². The van der Waals surface area contributed by atoms with Crippen LogP contribution < -0.4 is 10.6 Å². The maximum absolute atomic E-state index is 12.8. The van der Waals surface area contributed by atoms with Gasteiger partial charge in [0, 0.05) is 35.4 Å². The largest absolute Gasteiger partial charge is 0.459 e. The lowest BCUT2D eigenvalue weighted by molar-refractivity contribution is -0.116. The summed E-state index contributed by atoms with van der Waals surface area (Å²) in [4.78, 5) is 19.3. The van der Waals surface area contributed by atoms with E-state index in [0.29, 0.717) is 22.4 Å². The molecule has 2 unspecified atom stereocenters. The van der Waals surface area contributed by atoms with Crippen molar-refractivity contribution in [3.63, 3.8) is 0 Å². The standard InChI is InChI=1S/C29H27ClN4O2S/c1-18-6-10-21(11-7-18)32-26(35)14-16-34-28(27(33-29(34)37)23-5-3-4-15-31-23)25-13-12-24(36-25)20-9-8-19(2)22(30)17-20/h3-13,15,17,27-28H,14,16H2,1-2H3,(H,32,35)(H,33,37). The number of amides is 1. The van der Waals surface area contributed by atoms with Crippen LogP contribution in [0, 0.1) is 13.8 Å². The second kappa shape index (κ2) is 10.7. The number of nitrogens with one attached hydrogen (secondary N) is 2. The summed E-state index contributed by atoms with van der Waals surface area (Å²) in [5, 5.41) is 7.60. The molecule has 0 spiro atoms. The fourth-order valence-electron chi connectivity index (χ4n) is 4.45. The Bertz CT molecular complexity index is 1420. The molecule has 3 heterocycles. The molecule has 37 heavy (non-hydrogen) atoms. The Hall–Kier alpha value is -3.68. The lowest BCUT2D eigenvalue weighted by Gasteiger charge is -2.25. The number of carbonyl (C=O) groups is 1. The van der Waals surface area contributed by atoms with Crippen LogP contribution >= 0.6 is 23.8 Å². The van der Waals surface area contributed by atoms with Crippen LogP contribution in [-0.2, 0) is 4.79 Å². The first-order valence-corrected chi connectivity index (χ1v) is 12.9. The minimum atomic E-state index is -0.274. The number of furan rings is 1. The first-order valence-electron chi connectivity index (χ1n) is 12.1. The van der Waals surface area contributed by atoms with Crippen molar-refractivity contribution in [1.29, 1.82) is 0 Å². The molecule has 0 bridgehead atoms. The molecule has 8 heteroatoms. The summed E-state index contributed by atoms with van der Waals surface area (Å²) in [6, 6.07) is 22.8. The van der Waals surface area contributed by atoms with Gasteiger partial charge in [-0.25, -0.2) is 0 Å². The fraction of sp³-hybridized carbons (Fsp3) is 0.207. The molecule has 2 aromatic heterocycles. The maximum Gasteiger partial charge on any atom is 0.226 e. The number of halogens is 1. The number of aromatic nitrogens is 1. The first kappa shape index (κ1) is 25.0. The Morgan fingerprint density at radius 2 is 1.92 bits per heavy atom. The molecule has 0 saturated carbocycles. The molecular weight excluding hydrogens is 504 g/mol. The van der Waals surface area contributed by atoms with E-state index in [1.165, 1.54) is 0 Å². The zero-order chi connectivity index (χ0) is 25.9. The topological polar surface area (TPSA) is 70.4 Å². The van der Waals surface area contributed by atoms with Crippen molar-refractivity contribution in [3.05, 3.63) is 107 Å². The minimum Gasteiger partial charge on any atom is -0.459 e. The van der Waals surface area contributed by atoms with Gasteiger partial charge in [0.1, 0.15) is 17.6 Å². The highest BCUT2D eigenvalue weighted by Crippen LogP contribution is 2.40. The monoisotopic (exact) mass is 530 g/mol. The van der Waals surface area contributed by atoms with E-state index in [-0.39, 0.29) is 24.4 Å². The van der Waals surface area contributed by atoms with Gasteiger partial charge in [-0.2, -0.15) is 0 Å². The number of hydrogen-bond donors (Lipinski definition) is 2. The first-order chi connectivity index (χ1) is 17.9. The molecule has 4 aromatic rings. The number of hydrogen-bond acceptors (Lipinski definition) is 4. The molecule has 0 aliphatic carbocycles. The van der Waals surface area contributed by atoms with Gasteiger partial charge in [0.15, 0.2) is 5.11 Å². The summed E-state index contributed by atoms with van der Waals surface area (Å²) in [6.45, 7) is 4.40. The average molecular weight is 531 g/mol. The number of pyridine rings is 1. The average Bonchev–Trinajstić information content (AvgIpc) is 3.51. The van der Waals surface area contributed by atoms with Crippen LogP contribution in [0.1, 0.15) is 41.1 Å². The molecule has 1 aliphatic rings. The van der Waals surface area contributed by atoms with Gasteiger partial charge in [-0.1, -0.05) is 47.5 Å². The van der Waals surface area contributed by atoms with E-state index in [0.717, 1.165) is 33.8 Å². The number of nitrogens with zero attached hydrogens (tertiary/aromatic N) is 2. The van der Waals surface area contributed by atoms with Crippen LogP contribution in [0.3, 0.4) is 0 Å². The summed E-state index contributed by atoms with van der Waals surface area (Å²) >= 11 is 12.1. The van der Waals surface area contributed by atoms with Crippen molar-refractivity contribution >= 4 is 40.5 Å². The Balaban J connectivity index is 1.40. The third-order valence-corrected chi connectivity index (χ3v) is 7.25. The maximum atomic E-state index is 12.8. The molecular formula is C29H27ClN4O2S. The number of anilines is 1. The van der Waals surface area contributed by atoms with Crippen LogP contribution in [0.15, 0.2) is 83.4 Å². The molecule has 5 rings (SSSR count). The molecule has 1 amide bonds. The second-order valence-electron chi connectivity index (χ2n) is 9.15. The smallest absolute Gasteiger partial charge is 0.226 e. The van der Waals surface area contributed by atoms with Crippen molar-refractivity contribution in [2.75, 3.05) is 11.9 Å². The minimum absolute atomic E-state index is 0.0823. The summed E-state index contributed by atoms with van der Waals surface area (Å²) in [6.07, 6.45) is 2.03. The summed E-state index contributed by atoms with van der Waals surface area (Å²) in [7, 11) is 0. The predicted molar refractivity (Wildman–Crippen MR) is 150 cm³/mol. The van der Waals surface area contributed by atoms with Crippen LogP contribution in [-0.4, -0.2) is 27.4 Å². The van der Waals surface area contributed by atoms with Gasteiger partial charge in [-0.05, 0) is 74.1 Å². The quantitative estimate of drug-likeness (QED) is 0.262. The van der Waals surface area contributed by atoms with Gasteiger partial charge in [0.25, 0.3) is 0 Å². The summed E-state index contributed by atoms with van der Waals surface area (Å²) in [5.74, 6) is 1.36. The van der Waals surface area contributed by atoms with Gasteiger partial charge >= 0.3 is 0 Å². The zero-order valence-corrected chi connectivity index (χ0v) is 22.1. The number of carbonyl (C=O) groups excluding carboxylic acids is 1. The third-order valence-electron chi connectivity index (χ3n) is 6.49. The van der Waals surface area contributed by atoms with Crippen LogP contribution in [0.4, 0.5) is 5.69 Å². The van der Waals surface area contributed by atoms with Gasteiger partial charge in [0.05, 0.1) is 11.7 Å². The van der Waals surface area contributed by atoms with E-state index in [1.807, 2.05) is 91.5 Å². The highest BCUT2D eigenvalue weighted by atomic mass is 35.5. The number of thiocarbonyl (C=S) groups is 1. The van der Waals surface area contributed by atoms with E-state index in [4.69, 9.17) is 28.2 Å². The van der Waals surface area contributed by atoms with Crippen molar-refractivity contribution < 1.29 is 9.21 Å². The Kier molecular flexibility index (Phi) is 7.26. The van der Waals surface area contributed by atoms with Crippen LogP contribution in [0.5, 0.6) is 0 Å². The normalized spacial score (nSPS) is 17.1. The Morgan fingerprint density at radius 1 is 1.11 bits per heavy atom. The molecule has 188 valence electrons. The molecule has 1 aliphatic heterocycles.